The van der Waals surface area contributed by atoms with Gasteiger partial charge in [0.2, 0.25) is 10.0 Å². The fourth-order valence-corrected chi connectivity index (χ4v) is 3.72. The van der Waals surface area contributed by atoms with Crippen LogP contribution >= 0.6 is 15.9 Å². The molecule has 0 heterocycles. The van der Waals surface area contributed by atoms with Crippen LogP contribution in [-0.2, 0) is 10.0 Å². The Labute approximate surface area is 120 Å². The second-order valence-corrected chi connectivity index (χ2v) is 7.22. The van der Waals surface area contributed by atoms with Crippen molar-refractivity contribution in [2.75, 3.05) is 0 Å². The molecule has 0 aliphatic heterocycles. The Hall–Kier alpha value is -0.500. The first-order valence-electron chi connectivity index (χ1n) is 6.05. The zero-order valence-corrected chi connectivity index (χ0v) is 12.5. The monoisotopic (exact) mass is 351 g/mol. The summed E-state index contributed by atoms with van der Waals surface area (Å²) >= 11 is 2.97. The predicted molar refractivity (Wildman–Crippen MR) is 72.7 cm³/mol. The molecule has 1 aromatic rings. The minimum atomic E-state index is -3.80. The van der Waals surface area contributed by atoms with Crippen LogP contribution in [0.1, 0.15) is 25.7 Å². The summed E-state index contributed by atoms with van der Waals surface area (Å²) in [5.74, 6) is -0.632. The molecule has 1 aliphatic carbocycles. The summed E-state index contributed by atoms with van der Waals surface area (Å²) < 4.78 is 40.2. The Balaban J connectivity index is 2.19. The average Bonchev–Trinajstić information content (AvgIpc) is 2.35. The highest BCUT2D eigenvalue weighted by atomic mass is 79.9. The van der Waals surface area contributed by atoms with Crippen molar-refractivity contribution in [2.45, 2.75) is 42.7 Å². The Bertz CT molecular complexity index is 564. The molecule has 2 atom stereocenters. The van der Waals surface area contributed by atoms with E-state index >= 15 is 0 Å². The number of aliphatic hydroxyl groups excluding tert-OH is 1. The molecule has 106 valence electrons. The number of sulfonamides is 1. The van der Waals surface area contributed by atoms with Crippen LogP contribution < -0.4 is 4.72 Å². The lowest BCUT2D eigenvalue weighted by Gasteiger charge is -2.28. The molecule has 1 aromatic carbocycles. The van der Waals surface area contributed by atoms with E-state index in [0.29, 0.717) is 12.8 Å². The van der Waals surface area contributed by atoms with E-state index in [2.05, 4.69) is 20.7 Å². The van der Waals surface area contributed by atoms with E-state index in [1.807, 2.05) is 0 Å². The summed E-state index contributed by atoms with van der Waals surface area (Å²) in [6.07, 6.45) is 2.27. The smallest absolute Gasteiger partial charge is 0.241 e. The second kappa shape index (κ2) is 5.87. The van der Waals surface area contributed by atoms with Gasteiger partial charge in [0.1, 0.15) is 5.82 Å². The molecule has 2 N–H and O–H groups in total. The maximum Gasteiger partial charge on any atom is 0.241 e. The van der Waals surface area contributed by atoms with E-state index in [1.54, 1.807) is 0 Å². The molecule has 0 aromatic heterocycles. The van der Waals surface area contributed by atoms with Crippen LogP contribution in [0.25, 0.3) is 0 Å². The molecule has 0 spiro atoms. The van der Waals surface area contributed by atoms with Gasteiger partial charge in [0.05, 0.1) is 15.5 Å². The van der Waals surface area contributed by atoms with Crippen molar-refractivity contribution in [1.29, 1.82) is 0 Å². The number of nitrogens with one attached hydrogen (secondary N) is 1. The van der Waals surface area contributed by atoms with E-state index in [1.165, 1.54) is 12.1 Å². The lowest BCUT2D eigenvalue weighted by atomic mass is 9.93. The van der Waals surface area contributed by atoms with Gasteiger partial charge in [0.25, 0.3) is 0 Å². The van der Waals surface area contributed by atoms with E-state index in [4.69, 9.17) is 0 Å². The minimum absolute atomic E-state index is 0.133. The first kappa shape index (κ1) is 14.9. The lowest BCUT2D eigenvalue weighted by molar-refractivity contribution is 0.101. The predicted octanol–water partition coefficient (Wildman–Crippen LogP) is 2.17. The minimum Gasteiger partial charge on any atom is -0.391 e. The highest BCUT2D eigenvalue weighted by Gasteiger charge is 2.28. The van der Waals surface area contributed by atoms with Crippen LogP contribution in [0.15, 0.2) is 27.6 Å². The largest absolute Gasteiger partial charge is 0.391 e. The van der Waals surface area contributed by atoms with Gasteiger partial charge >= 0.3 is 0 Å². The summed E-state index contributed by atoms with van der Waals surface area (Å²) in [5.41, 5.74) is 0. The zero-order valence-electron chi connectivity index (χ0n) is 10.1. The van der Waals surface area contributed by atoms with Crippen molar-refractivity contribution < 1.29 is 17.9 Å². The van der Waals surface area contributed by atoms with Gasteiger partial charge in [-0.05, 0) is 47.0 Å². The summed E-state index contributed by atoms with van der Waals surface area (Å²) in [6.45, 7) is 0. The van der Waals surface area contributed by atoms with Crippen LogP contribution in [0.4, 0.5) is 4.39 Å². The Morgan fingerprint density at radius 2 is 2.00 bits per heavy atom. The Morgan fingerprint density at radius 1 is 1.32 bits per heavy atom. The molecule has 19 heavy (non-hydrogen) atoms. The third kappa shape index (κ3) is 3.53. The van der Waals surface area contributed by atoms with Gasteiger partial charge in [-0.3, -0.25) is 0 Å². The highest BCUT2D eigenvalue weighted by molar-refractivity contribution is 9.10. The third-order valence-electron chi connectivity index (χ3n) is 3.24. The van der Waals surface area contributed by atoms with Gasteiger partial charge < -0.3 is 5.11 Å². The van der Waals surface area contributed by atoms with Gasteiger partial charge in [-0.1, -0.05) is 12.8 Å². The molecular formula is C12H15BrFNO3S. The molecule has 1 saturated carbocycles. The third-order valence-corrected chi connectivity index (χ3v) is 5.37. The first-order chi connectivity index (χ1) is 8.90. The molecule has 1 aliphatic rings. The Kier molecular flexibility index (Phi) is 4.60. The SMILES string of the molecule is O=S(=O)(N[C@H]1CCCC[C@@H]1O)c1ccc(Br)c(F)c1. The summed E-state index contributed by atoms with van der Waals surface area (Å²) in [4.78, 5) is -0.133. The summed E-state index contributed by atoms with van der Waals surface area (Å²) in [5, 5.41) is 9.77. The molecule has 1 fully saturated rings. The molecular weight excluding hydrogens is 337 g/mol. The molecule has 4 nitrogen and oxygen atoms in total. The quantitative estimate of drug-likeness (QED) is 0.876. The van der Waals surface area contributed by atoms with Crippen molar-refractivity contribution in [2.24, 2.45) is 0 Å². The van der Waals surface area contributed by atoms with Crippen LogP contribution in [0.2, 0.25) is 0 Å². The van der Waals surface area contributed by atoms with Crippen LogP contribution in [0.5, 0.6) is 0 Å². The topological polar surface area (TPSA) is 66.4 Å². The number of benzene rings is 1. The number of halogens is 2. The molecule has 0 unspecified atom stereocenters. The zero-order chi connectivity index (χ0) is 14.0. The average molecular weight is 352 g/mol. The van der Waals surface area contributed by atoms with Gasteiger partial charge in [0, 0.05) is 6.04 Å². The molecule has 0 saturated heterocycles. The summed E-state index contributed by atoms with van der Waals surface area (Å²) in [7, 11) is -3.80. The fourth-order valence-electron chi connectivity index (χ4n) is 2.16. The molecule has 7 heteroatoms. The first-order valence-corrected chi connectivity index (χ1v) is 8.33. The highest BCUT2D eigenvalue weighted by Crippen LogP contribution is 2.22. The maximum atomic E-state index is 13.4. The van der Waals surface area contributed by atoms with E-state index < -0.39 is 28.0 Å². The number of rotatable bonds is 3. The van der Waals surface area contributed by atoms with Crippen molar-refractivity contribution in [3.63, 3.8) is 0 Å². The van der Waals surface area contributed by atoms with Crippen molar-refractivity contribution in [3.8, 4) is 0 Å². The van der Waals surface area contributed by atoms with E-state index in [-0.39, 0.29) is 9.37 Å². The van der Waals surface area contributed by atoms with E-state index in [9.17, 15) is 17.9 Å². The summed E-state index contributed by atoms with van der Waals surface area (Å²) in [6, 6.07) is 3.14. The van der Waals surface area contributed by atoms with Crippen LogP contribution in [0, 0.1) is 5.82 Å². The molecule has 0 radical (unpaired) electrons. The van der Waals surface area contributed by atoms with Crippen molar-refractivity contribution in [3.05, 3.63) is 28.5 Å². The van der Waals surface area contributed by atoms with Crippen molar-refractivity contribution >= 4 is 26.0 Å². The maximum absolute atomic E-state index is 13.4. The number of hydrogen-bond donors (Lipinski definition) is 2. The number of hydrogen-bond acceptors (Lipinski definition) is 3. The van der Waals surface area contributed by atoms with Gasteiger partial charge in [0.15, 0.2) is 0 Å². The standard InChI is InChI=1S/C12H15BrFNO3S/c13-9-6-5-8(7-10(9)14)19(17,18)15-11-3-1-2-4-12(11)16/h5-7,11-12,15-16H,1-4H2/t11-,12-/m0/s1. The van der Waals surface area contributed by atoms with E-state index in [0.717, 1.165) is 18.9 Å². The number of aliphatic hydroxyl groups is 1. The molecule has 0 amide bonds. The van der Waals surface area contributed by atoms with Gasteiger partial charge in [-0.25, -0.2) is 17.5 Å². The van der Waals surface area contributed by atoms with Crippen LogP contribution in [0.3, 0.4) is 0 Å². The van der Waals surface area contributed by atoms with Gasteiger partial charge in [-0.2, -0.15) is 0 Å². The molecule has 0 bridgehead atoms. The van der Waals surface area contributed by atoms with Crippen LogP contribution in [-0.4, -0.2) is 25.7 Å². The fraction of sp³-hybridized carbons (Fsp3) is 0.500. The van der Waals surface area contributed by atoms with Gasteiger partial charge in [-0.15, -0.1) is 0 Å². The lowest BCUT2D eigenvalue weighted by Crippen LogP contribution is -2.44. The normalized spacial score (nSPS) is 24.4. The van der Waals surface area contributed by atoms with Crippen molar-refractivity contribution in [1.82, 2.24) is 4.72 Å². The second-order valence-electron chi connectivity index (χ2n) is 4.66. The Morgan fingerprint density at radius 3 is 2.63 bits per heavy atom. The molecule has 2 rings (SSSR count).